The van der Waals surface area contributed by atoms with E-state index in [1.54, 1.807) is 0 Å². The van der Waals surface area contributed by atoms with Gasteiger partial charge in [-0.3, -0.25) is 4.79 Å². The molecule has 1 N–H and O–H groups in total. The van der Waals surface area contributed by atoms with Crippen LogP contribution in [-0.4, -0.2) is 17.9 Å². The number of rotatable bonds is 2. The molecule has 3 rings (SSSR count). The van der Waals surface area contributed by atoms with Crippen molar-refractivity contribution in [2.24, 2.45) is 5.92 Å². The highest BCUT2D eigenvalue weighted by Gasteiger charge is 2.35. The number of benzene rings is 1. The lowest BCUT2D eigenvalue weighted by Gasteiger charge is -2.40. The molecule has 20 heavy (non-hydrogen) atoms. The summed E-state index contributed by atoms with van der Waals surface area (Å²) in [5.74, 6) is -0.874. The van der Waals surface area contributed by atoms with Gasteiger partial charge in [-0.2, -0.15) is 0 Å². The van der Waals surface area contributed by atoms with Gasteiger partial charge in [0.1, 0.15) is 11.6 Å². The molecular formula is C16H19F2NO. The van der Waals surface area contributed by atoms with E-state index in [1.165, 1.54) is 19.3 Å². The molecule has 2 fully saturated rings. The van der Waals surface area contributed by atoms with E-state index in [0.717, 1.165) is 37.5 Å². The van der Waals surface area contributed by atoms with Crippen molar-refractivity contribution < 1.29 is 13.6 Å². The van der Waals surface area contributed by atoms with Crippen LogP contribution in [0.1, 0.15) is 48.9 Å². The number of hydrogen-bond acceptors (Lipinski definition) is 2. The number of ketones is 1. The maximum absolute atomic E-state index is 13.7. The number of nitrogens with one attached hydrogen (secondary N) is 1. The maximum Gasteiger partial charge on any atom is 0.182 e. The van der Waals surface area contributed by atoms with Crippen LogP contribution in [0.15, 0.2) is 18.2 Å². The Balaban J connectivity index is 1.76. The molecule has 4 heteroatoms. The second-order valence-corrected chi connectivity index (χ2v) is 5.94. The molecule has 1 aliphatic carbocycles. The summed E-state index contributed by atoms with van der Waals surface area (Å²) < 4.78 is 26.9. The molecule has 1 saturated heterocycles. The number of carbonyl (C=O) groups is 1. The fraction of sp³-hybridized carbons (Fsp3) is 0.562. The largest absolute Gasteiger partial charge is 0.304 e. The molecule has 108 valence electrons. The lowest BCUT2D eigenvalue weighted by molar-refractivity contribution is 0.0857. The summed E-state index contributed by atoms with van der Waals surface area (Å²) in [5, 5.41) is 3.36. The van der Waals surface area contributed by atoms with Gasteiger partial charge in [0.05, 0.1) is 11.6 Å². The number of piperidine rings is 1. The van der Waals surface area contributed by atoms with Gasteiger partial charge in [0, 0.05) is 6.04 Å². The van der Waals surface area contributed by atoms with Crippen LogP contribution in [0.3, 0.4) is 0 Å². The summed E-state index contributed by atoms with van der Waals surface area (Å²) in [6, 6.07) is 3.06. The van der Waals surface area contributed by atoms with E-state index in [1.807, 2.05) is 0 Å². The fourth-order valence-electron chi connectivity index (χ4n) is 3.58. The van der Waals surface area contributed by atoms with Crippen LogP contribution in [0.5, 0.6) is 0 Å². The van der Waals surface area contributed by atoms with E-state index in [-0.39, 0.29) is 17.4 Å². The smallest absolute Gasteiger partial charge is 0.182 e. The van der Waals surface area contributed by atoms with Crippen molar-refractivity contribution in [3.05, 3.63) is 35.4 Å². The number of fused-ring (bicyclic) bond motifs is 1. The molecule has 0 bridgehead atoms. The van der Waals surface area contributed by atoms with Crippen molar-refractivity contribution in [3.8, 4) is 0 Å². The highest BCUT2D eigenvalue weighted by Crippen LogP contribution is 2.33. The lowest BCUT2D eigenvalue weighted by Crippen LogP contribution is -2.52. The third-order valence-corrected chi connectivity index (χ3v) is 4.66. The Morgan fingerprint density at radius 2 is 1.90 bits per heavy atom. The number of Topliss-reactive ketones (excluding diaryl/α,β-unsaturated/α-hetero) is 1. The fourth-order valence-corrected chi connectivity index (χ4v) is 3.58. The summed E-state index contributed by atoms with van der Waals surface area (Å²) in [5.41, 5.74) is -0.128. The van der Waals surface area contributed by atoms with Crippen molar-refractivity contribution in [2.45, 2.75) is 50.6 Å². The number of carbonyl (C=O) groups excluding carboxylic acids is 1. The molecule has 3 atom stereocenters. The van der Waals surface area contributed by atoms with Crippen LogP contribution in [-0.2, 0) is 0 Å². The topological polar surface area (TPSA) is 29.1 Å². The number of halogens is 2. The monoisotopic (exact) mass is 279 g/mol. The molecule has 0 aromatic heterocycles. The molecule has 0 spiro atoms. The minimum atomic E-state index is -0.635. The lowest BCUT2D eigenvalue weighted by atomic mass is 9.77. The second-order valence-electron chi connectivity index (χ2n) is 5.94. The Morgan fingerprint density at radius 1 is 1.10 bits per heavy atom. The first kappa shape index (κ1) is 13.7. The highest BCUT2D eigenvalue weighted by molar-refractivity contribution is 6.00. The van der Waals surface area contributed by atoms with E-state index in [0.29, 0.717) is 12.0 Å². The zero-order valence-electron chi connectivity index (χ0n) is 11.4. The molecule has 0 radical (unpaired) electrons. The molecule has 1 saturated carbocycles. The van der Waals surface area contributed by atoms with Crippen molar-refractivity contribution in [1.82, 2.24) is 5.32 Å². The van der Waals surface area contributed by atoms with Gasteiger partial charge in [0.25, 0.3) is 0 Å². The summed E-state index contributed by atoms with van der Waals surface area (Å²) >= 11 is 0. The summed E-state index contributed by atoms with van der Waals surface area (Å²) in [6.07, 6.45) is 6.47. The van der Waals surface area contributed by atoms with Gasteiger partial charge in [0.15, 0.2) is 5.78 Å². The predicted octanol–water partition coefficient (Wildman–Crippen LogP) is 3.46. The Morgan fingerprint density at radius 3 is 2.75 bits per heavy atom. The zero-order valence-corrected chi connectivity index (χ0v) is 11.4. The molecule has 2 nitrogen and oxygen atoms in total. The van der Waals surface area contributed by atoms with Gasteiger partial charge in [-0.05, 0) is 49.8 Å². The van der Waals surface area contributed by atoms with Gasteiger partial charge in [-0.25, -0.2) is 8.78 Å². The molecule has 1 heterocycles. The third-order valence-electron chi connectivity index (χ3n) is 4.66. The number of hydrogen-bond donors (Lipinski definition) is 1. The van der Waals surface area contributed by atoms with Crippen molar-refractivity contribution in [3.63, 3.8) is 0 Å². The Kier molecular flexibility index (Phi) is 3.83. The van der Waals surface area contributed by atoms with E-state index >= 15 is 0 Å². The summed E-state index contributed by atoms with van der Waals surface area (Å²) in [7, 11) is 0. The average Bonchev–Trinajstić information content (AvgIpc) is 2.48. The van der Waals surface area contributed by atoms with E-state index in [4.69, 9.17) is 0 Å². The normalized spacial score (nSPS) is 29.8. The van der Waals surface area contributed by atoms with Crippen LogP contribution >= 0.6 is 0 Å². The predicted molar refractivity (Wildman–Crippen MR) is 72.6 cm³/mol. The SMILES string of the molecule is O=C(c1cc(F)ccc1F)C1CCC2CCCCC2N1. The first-order valence-electron chi connectivity index (χ1n) is 7.40. The van der Waals surface area contributed by atoms with Gasteiger partial charge >= 0.3 is 0 Å². The van der Waals surface area contributed by atoms with Crippen LogP contribution in [0.4, 0.5) is 8.78 Å². The third kappa shape index (κ3) is 2.62. The maximum atomic E-state index is 13.7. The van der Waals surface area contributed by atoms with Crippen LogP contribution in [0.25, 0.3) is 0 Å². The van der Waals surface area contributed by atoms with E-state index < -0.39 is 11.6 Å². The first-order valence-corrected chi connectivity index (χ1v) is 7.40. The van der Waals surface area contributed by atoms with Crippen LogP contribution < -0.4 is 5.32 Å². The van der Waals surface area contributed by atoms with Gasteiger partial charge < -0.3 is 5.32 Å². The van der Waals surface area contributed by atoms with E-state index in [9.17, 15) is 13.6 Å². The van der Waals surface area contributed by atoms with Gasteiger partial charge in [-0.1, -0.05) is 12.8 Å². The zero-order chi connectivity index (χ0) is 14.1. The standard InChI is InChI=1S/C16H19F2NO/c17-11-6-7-13(18)12(9-11)16(20)15-8-5-10-3-1-2-4-14(10)19-15/h6-7,9-10,14-15,19H,1-5,8H2. The van der Waals surface area contributed by atoms with Crippen molar-refractivity contribution >= 4 is 5.78 Å². The van der Waals surface area contributed by atoms with E-state index in [2.05, 4.69) is 5.32 Å². The molecule has 0 amide bonds. The van der Waals surface area contributed by atoms with Crippen molar-refractivity contribution in [1.29, 1.82) is 0 Å². The molecule has 2 aliphatic rings. The quantitative estimate of drug-likeness (QED) is 0.840. The molecule has 1 aliphatic heterocycles. The summed E-state index contributed by atoms with van der Waals surface area (Å²) in [6.45, 7) is 0. The minimum absolute atomic E-state index is 0.128. The van der Waals surface area contributed by atoms with Crippen LogP contribution in [0.2, 0.25) is 0 Å². The van der Waals surface area contributed by atoms with Gasteiger partial charge in [-0.15, -0.1) is 0 Å². The summed E-state index contributed by atoms with van der Waals surface area (Å²) in [4.78, 5) is 12.4. The first-order chi connectivity index (χ1) is 9.65. The highest BCUT2D eigenvalue weighted by atomic mass is 19.1. The molecule has 1 aromatic carbocycles. The average molecular weight is 279 g/mol. The molecule has 3 unspecified atom stereocenters. The molecular weight excluding hydrogens is 260 g/mol. The van der Waals surface area contributed by atoms with Gasteiger partial charge in [0.2, 0.25) is 0 Å². The van der Waals surface area contributed by atoms with Crippen molar-refractivity contribution in [2.75, 3.05) is 0 Å². The second kappa shape index (κ2) is 5.60. The molecule has 1 aromatic rings. The van der Waals surface area contributed by atoms with Crippen LogP contribution in [0, 0.1) is 17.6 Å². The Bertz CT molecular complexity index is 517. The Hall–Kier alpha value is -1.29. The minimum Gasteiger partial charge on any atom is -0.304 e. The Labute approximate surface area is 117 Å².